The average Bonchev–Trinajstić information content (AvgIpc) is 2.86. The van der Waals surface area contributed by atoms with Crippen LogP contribution in [0.4, 0.5) is 8.78 Å². The quantitative estimate of drug-likeness (QED) is 0.674. The van der Waals surface area contributed by atoms with E-state index in [4.69, 9.17) is 5.84 Å². The molecule has 1 unspecified atom stereocenters. The maximum Gasteiger partial charge on any atom is 0.131 e. The highest BCUT2D eigenvalue weighted by Crippen LogP contribution is 2.37. The molecule has 0 aliphatic carbocycles. The minimum Gasteiger partial charge on any atom is -0.271 e. The summed E-state index contributed by atoms with van der Waals surface area (Å²) in [5, 5.41) is 0. The van der Waals surface area contributed by atoms with Crippen LogP contribution in [-0.2, 0) is 12.2 Å². The van der Waals surface area contributed by atoms with E-state index in [1.807, 2.05) is 17.8 Å². The van der Waals surface area contributed by atoms with Gasteiger partial charge in [-0.25, -0.2) is 14.2 Å². The van der Waals surface area contributed by atoms with E-state index in [9.17, 15) is 8.78 Å². The molecule has 1 atom stereocenters. The molecule has 2 nitrogen and oxygen atoms in total. The summed E-state index contributed by atoms with van der Waals surface area (Å²) in [5.74, 6) is 6.46. The number of halogens is 2. The van der Waals surface area contributed by atoms with Crippen LogP contribution in [0, 0.1) is 11.6 Å². The molecule has 3 rings (SSSR count). The van der Waals surface area contributed by atoms with Crippen molar-refractivity contribution in [3.05, 3.63) is 56.8 Å². The van der Waals surface area contributed by atoms with Crippen LogP contribution in [0.1, 0.15) is 26.9 Å². The molecule has 20 heavy (non-hydrogen) atoms. The van der Waals surface area contributed by atoms with Crippen molar-refractivity contribution in [2.45, 2.75) is 18.2 Å². The Morgan fingerprint density at radius 1 is 1.25 bits per heavy atom. The molecule has 0 fully saturated rings. The van der Waals surface area contributed by atoms with Gasteiger partial charge in [0.05, 0.1) is 6.04 Å². The van der Waals surface area contributed by atoms with Gasteiger partial charge in [-0.3, -0.25) is 5.84 Å². The van der Waals surface area contributed by atoms with Crippen molar-refractivity contribution < 1.29 is 8.78 Å². The topological polar surface area (TPSA) is 38.0 Å². The van der Waals surface area contributed by atoms with E-state index in [1.165, 1.54) is 28.6 Å². The Kier molecular flexibility index (Phi) is 4.07. The Morgan fingerprint density at radius 3 is 2.65 bits per heavy atom. The fraction of sp³-hybridized carbons (Fsp3) is 0.286. The molecule has 2 aromatic rings. The molecule has 0 radical (unpaired) electrons. The van der Waals surface area contributed by atoms with Crippen LogP contribution in [0.5, 0.6) is 0 Å². The molecular formula is C14H14F2N2S2. The first-order valence-corrected chi connectivity index (χ1v) is 8.27. The lowest BCUT2D eigenvalue weighted by molar-refractivity contribution is 0.513. The van der Waals surface area contributed by atoms with E-state index in [0.29, 0.717) is 0 Å². The third kappa shape index (κ3) is 2.48. The van der Waals surface area contributed by atoms with Gasteiger partial charge in [0.15, 0.2) is 0 Å². The van der Waals surface area contributed by atoms with Gasteiger partial charge in [0.2, 0.25) is 0 Å². The zero-order valence-corrected chi connectivity index (χ0v) is 12.3. The van der Waals surface area contributed by atoms with Gasteiger partial charge in [-0.2, -0.15) is 11.8 Å². The normalized spacial score (nSPS) is 15.9. The molecule has 1 aliphatic heterocycles. The number of fused-ring (bicyclic) bond motifs is 1. The second-order valence-corrected chi connectivity index (χ2v) is 6.91. The summed E-state index contributed by atoms with van der Waals surface area (Å²) in [6.07, 6.45) is 1.02. The van der Waals surface area contributed by atoms with E-state index >= 15 is 0 Å². The summed E-state index contributed by atoms with van der Waals surface area (Å²) in [5.41, 5.74) is 3.80. The number of nitrogens with one attached hydrogen (secondary N) is 1. The number of hydrogen-bond donors (Lipinski definition) is 2. The van der Waals surface area contributed by atoms with Crippen molar-refractivity contribution in [1.29, 1.82) is 0 Å². The monoisotopic (exact) mass is 312 g/mol. The van der Waals surface area contributed by atoms with Gasteiger partial charge in [-0.05, 0) is 35.9 Å². The molecule has 1 aromatic carbocycles. The Labute approximate surface area is 124 Å². The molecule has 0 amide bonds. The van der Waals surface area contributed by atoms with Crippen molar-refractivity contribution in [1.82, 2.24) is 5.43 Å². The highest BCUT2D eigenvalue weighted by Gasteiger charge is 2.24. The maximum absolute atomic E-state index is 13.9. The van der Waals surface area contributed by atoms with Gasteiger partial charge in [0, 0.05) is 21.1 Å². The Balaban J connectivity index is 2.03. The van der Waals surface area contributed by atoms with Crippen LogP contribution in [0.25, 0.3) is 0 Å². The van der Waals surface area contributed by atoms with Crippen molar-refractivity contribution in [3.8, 4) is 0 Å². The number of aryl methyl sites for hydroxylation is 1. The van der Waals surface area contributed by atoms with Gasteiger partial charge in [0.1, 0.15) is 11.6 Å². The van der Waals surface area contributed by atoms with E-state index in [2.05, 4.69) is 5.43 Å². The molecule has 3 N–H and O–H groups in total. The lowest BCUT2D eigenvalue weighted by Crippen LogP contribution is -2.29. The Hall–Kier alpha value is -0.950. The highest BCUT2D eigenvalue weighted by molar-refractivity contribution is 7.98. The van der Waals surface area contributed by atoms with E-state index in [1.54, 1.807) is 11.3 Å². The minimum absolute atomic E-state index is 0.0127. The molecule has 2 heterocycles. The second-order valence-electron chi connectivity index (χ2n) is 4.63. The van der Waals surface area contributed by atoms with Gasteiger partial charge in [0.25, 0.3) is 0 Å². The number of benzene rings is 1. The minimum atomic E-state index is -0.642. The Morgan fingerprint density at radius 2 is 2.00 bits per heavy atom. The second kappa shape index (κ2) is 5.81. The summed E-state index contributed by atoms with van der Waals surface area (Å²) in [7, 11) is 0. The number of nitrogens with two attached hydrogens (primary N) is 1. The molecule has 1 aliphatic rings. The van der Waals surface area contributed by atoms with Crippen LogP contribution in [0.2, 0.25) is 0 Å². The van der Waals surface area contributed by atoms with Gasteiger partial charge >= 0.3 is 0 Å². The summed E-state index contributed by atoms with van der Waals surface area (Å²) in [6.45, 7) is 0. The molecule has 106 valence electrons. The van der Waals surface area contributed by atoms with E-state index < -0.39 is 17.7 Å². The Bertz CT molecular complexity index is 584. The first-order chi connectivity index (χ1) is 9.70. The summed E-state index contributed by atoms with van der Waals surface area (Å²) < 4.78 is 27.8. The number of rotatable bonds is 3. The standard InChI is InChI=1S/C14H14F2N2S2/c15-9-2-1-3-10(16)13(9)14(18-17)12-6-8-7-19-5-4-11(8)20-12/h1-3,6,14,18H,4-5,7,17H2. The smallest absolute Gasteiger partial charge is 0.131 e. The summed E-state index contributed by atoms with van der Waals surface area (Å²) >= 11 is 3.47. The fourth-order valence-corrected chi connectivity index (χ4v) is 4.85. The first kappa shape index (κ1) is 14.0. The van der Waals surface area contributed by atoms with E-state index in [0.717, 1.165) is 22.8 Å². The zero-order chi connectivity index (χ0) is 14.1. The largest absolute Gasteiger partial charge is 0.271 e. The van der Waals surface area contributed by atoms with Gasteiger partial charge in [-0.15, -0.1) is 11.3 Å². The average molecular weight is 312 g/mol. The lowest BCUT2D eigenvalue weighted by Gasteiger charge is -2.16. The van der Waals surface area contributed by atoms with Crippen LogP contribution in [0.15, 0.2) is 24.3 Å². The first-order valence-electron chi connectivity index (χ1n) is 6.30. The molecule has 6 heteroatoms. The molecule has 0 saturated heterocycles. The van der Waals surface area contributed by atoms with Crippen molar-refractivity contribution in [2.75, 3.05) is 5.75 Å². The zero-order valence-electron chi connectivity index (χ0n) is 10.7. The van der Waals surface area contributed by atoms with Gasteiger partial charge in [-0.1, -0.05) is 6.07 Å². The van der Waals surface area contributed by atoms with Crippen molar-refractivity contribution >= 4 is 23.1 Å². The number of thiophene rings is 1. The van der Waals surface area contributed by atoms with Crippen LogP contribution in [-0.4, -0.2) is 5.75 Å². The van der Waals surface area contributed by atoms with Crippen molar-refractivity contribution in [2.24, 2.45) is 5.84 Å². The predicted molar refractivity (Wildman–Crippen MR) is 79.7 cm³/mol. The van der Waals surface area contributed by atoms with Crippen LogP contribution < -0.4 is 11.3 Å². The SMILES string of the molecule is NNC(c1cc2c(s1)CCSC2)c1c(F)cccc1F. The molecule has 0 saturated carbocycles. The summed E-state index contributed by atoms with van der Waals surface area (Å²) in [4.78, 5) is 2.17. The predicted octanol–water partition coefficient (Wildman–Crippen LogP) is 3.37. The summed E-state index contributed by atoms with van der Waals surface area (Å²) in [6, 6.07) is 5.25. The highest BCUT2D eigenvalue weighted by atomic mass is 32.2. The third-order valence-electron chi connectivity index (χ3n) is 3.39. The van der Waals surface area contributed by atoms with Crippen molar-refractivity contribution in [3.63, 3.8) is 0 Å². The van der Waals surface area contributed by atoms with Gasteiger partial charge < -0.3 is 0 Å². The lowest BCUT2D eigenvalue weighted by atomic mass is 10.0. The number of hydrazine groups is 1. The number of hydrogen-bond acceptors (Lipinski definition) is 4. The molecule has 1 aromatic heterocycles. The fourth-order valence-electron chi connectivity index (χ4n) is 2.41. The molecular weight excluding hydrogens is 298 g/mol. The third-order valence-corrected chi connectivity index (χ3v) is 5.70. The molecule has 0 spiro atoms. The maximum atomic E-state index is 13.9. The van der Waals surface area contributed by atoms with Crippen LogP contribution >= 0.6 is 23.1 Å². The molecule has 0 bridgehead atoms. The van der Waals surface area contributed by atoms with Crippen LogP contribution in [0.3, 0.4) is 0 Å². The number of thioether (sulfide) groups is 1. The van der Waals surface area contributed by atoms with E-state index in [-0.39, 0.29) is 5.56 Å².